The van der Waals surface area contributed by atoms with Crippen molar-refractivity contribution in [2.24, 2.45) is 0 Å². The number of carbonyl (C=O) groups excluding carboxylic acids is 1. The zero-order valence-electron chi connectivity index (χ0n) is 13.1. The number of cyclic esters (lactones) is 1. The van der Waals surface area contributed by atoms with Gasteiger partial charge in [-0.3, -0.25) is 9.59 Å². The number of carbonyl (C=O) groups is 2. The Hall–Kier alpha value is -0.883. The van der Waals surface area contributed by atoms with Gasteiger partial charge in [0.05, 0.1) is 12.5 Å². The maximum absolute atomic E-state index is 11.6. The van der Waals surface area contributed by atoms with E-state index in [2.05, 4.69) is 33.9 Å². The molecule has 5 nitrogen and oxygen atoms in total. The normalized spacial score (nSPS) is 24.4. The van der Waals surface area contributed by atoms with Gasteiger partial charge in [-0.25, -0.2) is 0 Å². The second-order valence-corrected chi connectivity index (χ2v) is 11.7. The van der Waals surface area contributed by atoms with Gasteiger partial charge in [0.15, 0.2) is 8.32 Å². The lowest BCUT2D eigenvalue weighted by atomic mass is 10.0. The van der Waals surface area contributed by atoms with Crippen LogP contribution in [0.5, 0.6) is 0 Å². The first-order valence-corrected chi connectivity index (χ1v) is 10.0. The van der Waals surface area contributed by atoms with Crippen molar-refractivity contribution in [3.8, 4) is 0 Å². The highest BCUT2D eigenvalue weighted by Crippen LogP contribution is 2.39. The molecule has 1 aliphatic rings. The molecular formula is C14H26O5Si. The van der Waals surface area contributed by atoms with E-state index in [1.165, 1.54) is 0 Å². The first-order chi connectivity index (χ1) is 9.01. The van der Waals surface area contributed by atoms with E-state index in [-0.39, 0.29) is 36.1 Å². The van der Waals surface area contributed by atoms with E-state index in [0.29, 0.717) is 12.8 Å². The Bertz CT molecular complexity index is 372. The number of carboxylic acid groups (broad SMARTS) is 1. The Morgan fingerprint density at radius 1 is 1.45 bits per heavy atom. The molecule has 1 N–H and O–H groups in total. The van der Waals surface area contributed by atoms with Crippen LogP contribution in [0.2, 0.25) is 18.1 Å². The summed E-state index contributed by atoms with van der Waals surface area (Å²) in [4.78, 5) is 22.2. The highest BCUT2D eigenvalue weighted by atomic mass is 28.4. The van der Waals surface area contributed by atoms with Gasteiger partial charge < -0.3 is 14.3 Å². The summed E-state index contributed by atoms with van der Waals surface area (Å²) < 4.78 is 11.4. The molecule has 1 aliphatic heterocycles. The molecule has 0 aromatic carbocycles. The minimum Gasteiger partial charge on any atom is -0.481 e. The first kappa shape index (κ1) is 17.2. The van der Waals surface area contributed by atoms with E-state index in [9.17, 15) is 9.59 Å². The minimum atomic E-state index is -1.92. The third kappa shape index (κ3) is 4.90. The number of hydrogen-bond acceptors (Lipinski definition) is 4. The summed E-state index contributed by atoms with van der Waals surface area (Å²) in [6.07, 6.45) is 0.781. The summed E-state index contributed by atoms with van der Waals surface area (Å²) in [6.45, 7) is 10.8. The van der Waals surface area contributed by atoms with Crippen LogP contribution in [-0.2, 0) is 18.8 Å². The van der Waals surface area contributed by atoms with Crippen molar-refractivity contribution in [2.45, 2.75) is 76.8 Å². The van der Waals surface area contributed by atoms with Gasteiger partial charge >= 0.3 is 11.9 Å². The molecule has 1 saturated heterocycles. The topological polar surface area (TPSA) is 72.8 Å². The van der Waals surface area contributed by atoms with Crippen molar-refractivity contribution in [1.29, 1.82) is 0 Å². The molecule has 1 fully saturated rings. The monoisotopic (exact) mass is 302 g/mol. The maximum Gasteiger partial charge on any atom is 0.308 e. The van der Waals surface area contributed by atoms with Gasteiger partial charge in [0.25, 0.3) is 0 Å². The van der Waals surface area contributed by atoms with Crippen LogP contribution >= 0.6 is 0 Å². The second-order valence-electron chi connectivity index (χ2n) is 6.98. The van der Waals surface area contributed by atoms with Gasteiger partial charge in [-0.2, -0.15) is 0 Å². The van der Waals surface area contributed by atoms with E-state index < -0.39 is 14.3 Å². The van der Waals surface area contributed by atoms with Crippen LogP contribution in [0, 0.1) is 0 Å². The van der Waals surface area contributed by atoms with Crippen LogP contribution in [0.1, 0.15) is 46.5 Å². The second kappa shape index (κ2) is 6.26. The molecule has 2 unspecified atom stereocenters. The van der Waals surface area contributed by atoms with Crippen molar-refractivity contribution in [1.82, 2.24) is 0 Å². The molecule has 1 rings (SSSR count). The van der Waals surface area contributed by atoms with E-state index in [0.717, 1.165) is 0 Å². The molecule has 0 bridgehead atoms. The Balaban J connectivity index is 2.62. The molecule has 20 heavy (non-hydrogen) atoms. The average molecular weight is 302 g/mol. The average Bonchev–Trinajstić information content (AvgIpc) is 2.23. The van der Waals surface area contributed by atoms with Crippen molar-refractivity contribution in [2.75, 3.05) is 0 Å². The van der Waals surface area contributed by atoms with Crippen LogP contribution in [0.25, 0.3) is 0 Å². The van der Waals surface area contributed by atoms with Gasteiger partial charge in [0, 0.05) is 12.8 Å². The molecule has 0 radical (unpaired) electrons. The minimum absolute atomic E-state index is 0.0186. The van der Waals surface area contributed by atoms with Gasteiger partial charge in [-0.1, -0.05) is 20.8 Å². The van der Waals surface area contributed by atoms with Crippen LogP contribution in [0.15, 0.2) is 0 Å². The van der Waals surface area contributed by atoms with Gasteiger partial charge in [-0.05, 0) is 24.6 Å². The molecule has 2 atom stereocenters. The number of esters is 1. The zero-order chi connectivity index (χ0) is 15.6. The molecule has 0 aromatic heterocycles. The Kier molecular flexibility index (Phi) is 5.37. The molecule has 1 heterocycles. The predicted molar refractivity (Wildman–Crippen MR) is 78.1 cm³/mol. The summed E-state index contributed by atoms with van der Waals surface area (Å²) in [7, 11) is -1.92. The summed E-state index contributed by atoms with van der Waals surface area (Å²) in [5.74, 6) is -1.15. The fourth-order valence-corrected chi connectivity index (χ4v) is 3.36. The lowest BCUT2D eigenvalue weighted by Gasteiger charge is -2.41. The Labute approximate surface area is 121 Å². The van der Waals surface area contributed by atoms with E-state index >= 15 is 0 Å². The van der Waals surface area contributed by atoms with Crippen LogP contribution in [0.4, 0.5) is 0 Å². The molecule has 0 amide bonds. The number of ether oxygens (including phenoxy) is 1. The van der Waals surface area contributed by atoms with Crippen molar-refractivity contribution in [3.63, 3.8) is 0 Å². The molecule has 0 aromatic rings. The fourth-order valence-electron chi connectivity index (χ4n) is 1.99. The van der Waals surface area contributed by atoms with Gasteiger partial charge in [0.1, 0.15) is 6.10 Å². The number of carboxylic acids is 1. The van der Waals surface area contributed by atoms with E-state index in [1.54, 1.807) is 0 Å². The highest BCUT2D eigenvalue weighted by molar-refractivity contribution is 6.74. The molecule has 0 aliphatic carbocycles. The molecular weight excluding hydrogens is 276 g/mol. The van der Waals surface area contributed by atoms with Gasteiger partial charge in [0.2, 0.25) is 0 Å². The lowest BCUT2D eigenvalue weighted by Crippen LogP contribution is -2.47. The van der Waals surface area contributed by atoms with Crippen LogP contribution < -0.4 is 0 Å². The van der Waals surface area contributed by atoms with Gasteiger partial charge in [-0.15, -0.1) is 0 Å². The SMILES string of the molecule is CC(C)(C)[Si](C)(C)OC1CC(=O)OC(CCC(=O)O)C1. The fraction of sp³-hybridized carbons (Fsp3) is 0.857. The standard InChI is InChI=1S/C14H26O5Si/c1-14(2,3)20(4,5)19-11-8-10(6-7-12(15)16)18-13(17)9-11/h10-11H,6-9H2,1-5H3,(H,15,16). The maximum atomic E-state index is 11.6. The van der Waals surface area contributed by atoms with E-state index in [4.69, 9.17) is 14.3 Å². The first-order valence-electron chi connectivity index (χ1n) is 7.10. The van der Waals surface area contributed by atoms with Crippen molar-refractivity contribution >= 4 is 20.3 Å². The van der Waals surface area contributed by atoms with E-state index in [1.807, 2.05) is 0 Å². The highest BCUT2D eigenvalue weighted by Gasteiger charge is 2.41. The zero-order valence-corrected chi connectivity index (χ0v) is 14.1. The largest absolute Gasteiger partial charge is 0.481 e. The molecule has 0 saturated carbocycles. The van der Waals surface area contributed by atoms with Crippen LogP contribution in [0.3, 0.4) is 0 Å². The summed E-state index contributed by atoms with van der Waals surface area (Å²) in [5, 5.41) is 8.79. The quantitative estimate of drug-likeness (QED) is 0.624. The predicted octanol–water partition coefficient (Wildman–Crippen LogP) is 2.95. The van der Waals surface area contributed by atoms with Crippen LogP contribution in [-0.4, -0.2) is 37.6 Å². The number of rotatable bonds is 5. The third-order valence-electron chi connectivity index (χ3n) is 4.17. The Morgan fingerprint density at radius 3 is 2.55 bits per heavy atom. The number of aliphatic carboxylic acids is 1. The smallest absolute Gasteiger partial charge is 0.308 e. The lowest BCUT2D eigenvalue weighted by molar-refractivity contribution is -0.161. The summed E-state index contributed by atoms with van der Waals surface area (Å²) >= 11 is 0. The molecule has 6 heteroatoms. The molecule has 0 spiro atoms. The number of hydrogen-bond donors (Lipinski definition) is 1. The summed E-state index contributed by atoms with van der Waals surface area (Å²) in [5.41, 5.74) is 0. The van der Waals surface area contributed by atoms with Crippen molar-refractivity contribution in [3.05, 3.63) is 0 Å². The molecule has 116 valence electrons. The third-order valence-corrected chi connectivity index (χ3v) is 8.70. The summed E-state index contributed by atoms with van der Waals surface area (Å²) in [6, 6.07) is 0. The van der Waals surface area contributed by atoms with Crippen molar-refractivity contribution < 1.29 is 23.9 Å². The Morgan fingerprint density at radius 2 is 2.05 bits per heavy atom.